The molecular weight excluding hydrogens is 322 g/mol. The van der Waals surface area contributed by atoms with Gasteiger partial charge in [-0.3, -0.25) is 4.98 Å². The minimum absolute atomic E-state index is 0.311. The van der Waals surface area contributed by atoms with Crippen molar-refractivity contribution in [2.24, 2.45) is 0 Å². The first-order valence-electron chi connectivity index (χ1n) is 8.50. The van der Waals surface area contributed by atoms with Crippen LogP contribution in [-0.2, 0) is 0 Å². The second-order valence-electron chi connectivity index (χ2n) is 6.31. The molecule has 0 unspecified atom stereocenters. The Balaban J connectivity index is 1.94. The summed E-state index contributed by atoms with van der Waals surface area (Å²) in [5, 5.41) is 10.3. The van der Waals surface area contributed by atoms with Gasteiger partial charge in [0.2, 0.25) is 0 Å². The number of H-pyrrole nitrogens is 1. The van der Waals surface area contributed by atoms with Gasteiger partial charge in [-0.1, -0.05) is 42.5 Å². The summed E-state index contributed by atoms with van der Waals surface area (Å²) >= 11 is 0. The predicted molar refractivity (Wildman–Crippen MR) is 104 cm³/mol. The third-order valence-electron chi connectivity index (χ3n) is 4.61. The van der Waals surface area contributed by atoms with Crippen molar-refractivity contribution in [2.45, 2.75) is 13.8 Å². The summed E-state index contributed by atoms with van der Waals surface area (Å²) in [5.41, 5.74) is 6.45. The van der Waals surface area contributed by atoms with Crippen LogP contribution in [0.1, 0.15) is 11.1 Å². The van der Waals surface area contributed by atoms with Crippen LogP contribution in [0, 0.1) is 13.8 Å². The number of aryl methyl sites for hydroxylation is 1. The highest BCUT2D eigenvalue weighted by molar-refractivity contribution is 5.81. The van der Waals surface area contributed by atoms with Crippen LogP contribution in [0.4, 0.5) is 0 Å². The SMILES string of the molecule is Cc1ccc(-c2nc(-c3ccccc3)c(-c3ccncc3)[nH]2)c(C)c1O. The lowest BCUT2D eigenvalue weighted by Gasteiger charge is -2.07. The minimum Gasteiger partial charge on any atom is -0.507 e. The average Bonchev–Trinajstić information content (AvgIpc) is 3.13. The van der Waals surface area contributed by atoms with Gasteiger partial charge in [-0.15, -0.1) is 0 Å². The number of aromatic nitrogens is 3. The molecule has 0 aliphatic heterocycles. The number of nitrogens with one attached hydrogen (secondary N) is 1. The van der Waals surface area contributed by atoms with Crippen LogP contribution >= 0.6 is 0 Å². The molecule has 0 aliphatic rings. The van der Waals surface area contributed by atoms with Crippen LogP contribution in [0.15, 0.2) is 67.0 Å². The maximum atomic E-state index is 10.3. The molecule has 0 fully saturated rings. The van der Waals surface area contributed by atoms with Gasteiger partial charge in [0.15, 0.2) is 0 Å². The molecule has 4 nitrogen and oxygen atoms in total. The van der Waals surface area contributed by atoms with Gasteiger partial charge in [0.1, 0.15) is 11.6 Å². The molecule has 4 rings (SSSR count). The smallest absolute Gasteiger partial charge is 0.138 e. The standard InChI is InChI=1S/C22H19N3O/c1-14-8-9-18(15(2)21(14)26)22-24-19(16-6-4-3-5-7-16)20(25-22)17-10-12-23-13-11-17/h3-13,26H,1-2H3,(H,24,25). The fourth-order valence-electron chi connectivity index (χ4n) is 3.13. The molecule has 128 valence electrons. The number of pyridine rings is 1. The number of imidazole rings is 1. The number of nitrogens with zero attached hydrogens (tertiary/aromatic N) is 2. The summed E-state index contributed by atoms with van der Waals surface area (Å²) in [4.78, 5) is 12.4. The van der Waals surface area contributed by atoms with Gasteiger partial charge in [0.05, 0.1) is 11.4 Å². The van der Waals surface area contributed by atoms with Crippen molar-refractivity contribution >= 4 is 0 Å². The molecule has 2 aromatic carbocycles. The van der Waals surface area contributed by atoms with Gasteiger partial charge in [0, 0.05) is 34.6 Å². The Morgan fingerprint density at radius 2 is 1.58 bits per heavy atom. The summed E-state index contributed by atoms with van der Waals surface area (Å²) < 4.78 is 0. The molecule has 4 heteroatoms. The van der Waals surface area contributed by atoms with E-state index in [1.54, 1.807) is 12.4 Å². The maximum absolute atomic E-state index is 10.3. The monoisotopic (exact) mass is 341 g/mol. The molecule has 0 saturated carbocycles. The van der Waals surface area contributed by atoms with Gasteiger partial charge in [-0.25, -0.2) is 4.98 Å². The van der Waals surface area contributed by atoms with E-state index in [2.05, 4.69) is 9.97 Å². The number of benzene rings is 2. The maximum Gasteiger partial charge on any atom is 0.138 e. The average molecular weight is 341 g/mol. The van der Waals surface area contributed by atoms with Crippen molar-refractivity contribution in [3.05, 3.63) is 78.1 Å². The first kappa shape index (κ1) is 16.1. The Kier molecular flexibility index (Phi) is 4.01. The van der Waals surface area contributed by atoms with E-state index in [0.717, 1.165) is 45.0 Å². The van der Waals surface area contributed by atoms with Crippen molar-refractivity contribution in [2.75, 3.05) is 0 Å². The van der Waals surface area contributed by atoms with E-state index in [4.69, 9.17) is 4.98 Å². The highest BCUT2D eigenvalue weighted by Crippen LogP contribution is 2.36. The third-order valence-corrected chi connectivity index (χ3v) is 4.61. The normalized spacial score (nSPS) is 10.8. The summed E-state index contributed by atoms with van der Waals surface area (Å²) in [6, 6.07) is 17.9. The number of phenols is 1. The molecule has 2 aromatic heterocycles. The van der Waals surface area contributed by atoms with E-state index in [-0.39, 0.29) is 0 Å². The van der Waals surface area contributed by atoms with Gasteiger partial charge in [-0.2, -0.15) is 0 Å². The zero-order valence-corrected chi connectivity index (χ0v) is 14.7. The number of phenolic OH excluding ortho intramolecular Hbond substituents is 1. The Morgan fingerprint density at radius 1 is 0.846 bits per heavy atom. The van der Waals surface area contributed by atoms with Gasteiger partial charge in [0.25, 0.3) is 0 Å². The molecule has 0 bridgehead atoms. The van der Waals surface area contributed by atoms with E-state index in [9.17, 15) is 5.11 Å². The van der Waals surface area contributed by atoms with Crippen molar-refractivity contribution < 1.29 is 5.11 Å². The van der Waals surface area contributed by atoms with Crippen molar-refractivity contribution in [3.8, 4) is 39.7 Å². The lowest BCUT2D eigenvalue weighted by atomic mass is 10.0. The van der Waals surface area contributed by atoms with E-state index < -0.39 is 0 Å². The quantitative estimate of drug-likeness (QED) is 0.543. The number of aromatic hydroxyl groups is 1. The van der Waals surface area contributed by atoms with Gasteiger partial charge < -0.3 is 10.1 Å². The summed E-state index contributed by atoms with van der Waals surface area (Å²) in [7, 11) is 0. The molecule has 4 aromatic rings. The molecule has 0 atom stereocenters. The molecular formula is C22H19N3O. The summed E-state index contributed by atoms with van der Waals surface area (Å²) in [5.74, 6) is 1.05. The number of rotatable bonds is 3. The van der Waals surface area contributed by atoms with E-state index in [0.29, 0.717) is 5.75 Å². The second-order valence-corrected chi connectivity index (χ2v) is 6.31. The molecule has 26 heavy (non-hydrogen) atoms. The lowest BCUT2D eigenvalue weighted by molar-refractivity contribution is 0.467. The fourth-order valence-corrected chi connectivity index (χ4v) is 3.13. The third kappa shape index (κ3) is 2.75. The molecule has 0 saturated heterocycles. The zero-order chi connectivity index (χ0) is 18.1. The van der Waals surface area contributed by atoms with E-state index in [1.165, 1.54) is 0 Å². The van der Waals surface area contributed by atoms with E-state index >= 15 is 0 Å². The molecule has 0 aliphatic carbocycles. The summed E-state index contributed by atoms with van der Waals surface area (Å²) in [6.45, 7) is 3.81. The number of hydrogen-bond acceptors (Lipinski definition) is 3. The van der Waals surface area contributed by atoms with E-state index in [1.807, 2.05) is 68.4 Å². The molecule has 2 N–H and O–H groups in total. The number of hydrogen-bond donors (Lipinski definition) is 2. The van der Waals surface area contributed by atoms with Crippen LogP contribution in [0.25, 0.3) is 33.9 Å². The first-order valence-corrected chi connectivity index (χ1v) is 8.50. The van der Waals surface area contributed by atoms with Crippen LogP contribution in [0.5, 0.6) is 5.75 Å². The van der Waals surface area contributed by atoms with Crippen molar-refractivity contribution in [1.29, 1.82) is 0 Å². The Labute approximate surface area is 152 Å². The largest absolute Gasteiger partial charge is 0.507 e. The van der Waals surface area contributed by atoms with Crippen molar-refractivity contribution in [3.63, 3.8) is 0 Å². The van der Waals surface area contributed by atoms with Gasteiger partial charge in [-0.05, 0) is 31.5 Å². The second kappa shape index (κ2) is 6.48. The Morgan fingerprint density at radius 3 is 2.31 bits per heavy atom. The Hall–Kier alpha value is -3.40. The highest BCUT2D eigenvalue weighted by Gasteiger charge is 2.17. The first-order chi connectivity index (χ1) is 12.6. The minimum atomic E-state index is 0.311. The predicted octanol–water partition coefficient (Wildman–Crippen LogP) is 5.13. The molecule has 2 heterocycles. The van der Waals surface area contributed by atoms with Crippen LogP contribution in [0.3, 0.4) is 0 Å². The zero-order valence-electron chi connectivity index (χ0n) is 14.7. The molecule has 0 radical (unpaired) electrons. The van der Waals surface area contributed by atoms with Gasteiger partial charge >= 0.3 is 0 Å². The van der Waals surface area contributed by atoms with Crippen LogP contribution < -0.4 is 0 Å². The molecule has 0 amide bonds. The summed E-state index contributed by atoms with van der Waals surface area (Å²) in [6.07, 6.45) is 3.54. The van der Waals surface area contributed by atoms with Crippen LogP contribution in [0.2, 0.25) is 0 Å². The lowest BCUT2D eigenvalue weighted by Crippen LogP contribution is -1.88. The topological polar surface area (TPSA) is 61.8 Å². The molecule has 0 spiro atoms. The van der Waals surface area contributed by atoms with Crippen LogP contribution in [-0.4, -0.2) is 20.1 Å². The number of aromatic amines is 1. The Bertz CT molecular complexity index is 997. The highest BCUT2D eigenvalue weighted by atomic mass is 16.3. The fraction of sp³-hybridized carbons (Fsp3) is 0.0909. The van der Waals surface area contributed by atoms with Crippen molar-refractivity contribution in [1.82, 2.24) is 15.0 Å².